The summed E-state index contributed by atoms with van der Waals surface area (Å²) in [7, 11) is 0. The van der Waals surface area contributed by atoms with E-state index in [9.17, 15) is 9.59 Å². The maximum atomic E-state index is 12.4. The van der Waals surface area contributed by atoms with Crippen molar-refractivity contribution in [3.8, 4) is 0 Å². The van der Waals surface area contributed by atoms with E-state index in [1.54, 1.807) is 0 Å². The number of nitrogens with one attached hydrogen (secondary N) is 2. The van der Waals surface area contributed by atoms with Gasteiger partial charge in [0.2, 0.25) is 11.8 Å². The molecule has 0 aliphatic carbocycles. The summed E-state index contributed by atoms with van der Waals surface area (Å²) in [6.45, 7) is 3.74. The quantitative estimate of drug-likeness (QED) is 0.564. The number of anilines is 1. The summed E-state index contributed by atoms with van der Waals surface area (Å²) in [6.07, 6.45) is 6.73. The topological polar surface area (TPSA) is 78.1 Å². The number of nitrogens with zero attached hydrogens (tertiary/aromatic N) is 2. The van der Waals surface area contributed by atoms with Gasteiger partial charge < -0.3 is 15.2 Å². The highest BCUT2D eigenvalue weighted by Gasteiger charge is 2.16. The van der Waals surface area contributed by atoms with E-state index in [0.717, 1.165) is 61.3 Å². The van der Waals surface area contributed by atoms with Gasteiger partial charge in [-0.2, -0.15) is 0 Å². The lowest BCUT2D eigenvalue weighted by Gasteiger charge is -2.20. The molecule has 1 fully saturated rings. The zero-order valence-corrected chi connectivity index (χ0v) is 18.8. The van der Waals surface area contributed by atoms with E-state index in [-0.39, 0.29) is 24.7 Å². The maximum absolute atomic E-state index is 12.4. The first-order valence-corrected chi connectivity index (χ1v) is 11.7. The molecule has 0 unspecified atom stereocenters. The van der Waals surface area contributed by atoms with Crippen LogP contribution in [0.3, 0.4) is 0 Å². The fourth-order valence-corrected chi connectivity index (χ4v) is 4.23. The van der Waals surface area contributed by atoms with Crippen LogP contribution in [0.15, 0.2) is 42.5 Å². The van der Waals surface area contributed by atoms with Gasteiger partial charge in [-0.25, -0.2) is 4.98 Å². The number of hydrogen-bond donors (Lipinski definition) is 2. The Kier molecular flexibility index (Phi) is 7.20. The van der Waals surface area contributed by atoms with Crippen molar-refractivity contribution in [1.82, 2.24) is 14.9 Å². The molecular formula is C26H32N4O2. The third kappa shape index (κ3) is 5.96. The molecule has 6 heteroatoms. The summed E-state index contributed by atoms with van der Waals surface area (Å²) in [5.74, 6) is 0.966. The average Bonchev–Trinajstić information content (AvgIpc) is 2.99. The fraction of sp³-hybridized carbons (Fsp3) is 0.423. The Labute approximate surface area is 189 Å². The lowest BCUT2D eigenvalue weighted by atomic mass is 10.1. The molecule has 3 aromatic rings. The second-order valence-electron chi connectivity index (χ2n) is 8.74. The molecule has 2 amide bonds. The minimum absolute atomic E-state index is 0.0955. The second kappa shape index (κ2) is 10.4. The predicted molar refractivity (Wildman–Crippen MR) is 128 cm³/mol. The van der Waals surface area contributed by atoms with Crippen LogP contribution in [0.1, 0.15) is 55.5 Å². The number of aromatic amines is 1. The first kappa shape index (κ1) is 22.1. The van der Waals surface area contributed by atoms with Gasteiger partial charge in [0.05, 0.1) is 11.0 Å². The summed E-state index contributed by atoms with van der Waals surface area (Å²) >= 11 is 0. The first-order chi connectivity index (χ1) is 15.6. The van der Waals surface area contributed by atoms with Gasteiger partial charge in [-0.05, 0) is 61.6 Å². The Bertz CT molecular complexity index is 1060. The minimum Gasteiger partial charge on any atom is -0.343 e. The minimum atomic E-state index is -0.113. The van der Waals surface area contributed by atoms with Gasteiger partial charge in [-0.15, -0.1) is 0 Å². The average molecular weight is 433 g/mol. The SMILES string of the molecule is Cc1ccc2nc(CCc3ccc(NC(=O)CCC(=O)N4CCCCCC4)cc3)[nH]c2c1. The molecule has 1 aromatic heterocycles. The molecule has 4 rings (SSSR count). The molecule has 2 N–H and O–H groups in total. The van der Waals surface area contributed by atoms with E-state index in [1.807, 2.05) is 35.2 Å². The van der Waals surface area contributed by atoms with Crippen LogP contribution in [-0.2, 0) is 22.4 Å². The Morgan fingerprint density at radius 1 is 0.969 bits per heavy atom. The van der Waals surface area contributed by atoms with Crippen LogP contribution in [0, 0.1) is 6.92 Å². The molecule has 2 aromatic carbocycles. The number of benzene rings is 2. The molecule has 0 spiro atoms. The molecule has 6 nitrogen and oxygen atoms in total. The summed E-state index contributed by atoms with van der Waals surface area (Å²) in [5, 5.41) is 2.91. The van der Waals surface area contributed by atoms with Crippen LogP contribution in [-0.4, -0.2) is 39.8 Å². The van der Waals surface area contributed by atoms with Crippen LogP contribution in [0.25, 0.3) is 11.0 Å². The second-order valence-corrected chi connectivity index (χ2v) is 8.74. The Morgan fingerprint density at radius 2 is 1.72 bits per heavy atom. The van der Waals surface area contributed by atoms with Gasteiger partial charge in [0.25, 0.3) is 0 Å². The van der Waals surface area contributed by atoms with Crippen LogP contribution in [0.5, 0.6) is 0 Å². The number of fused-ring (bicyclic) bond motifs is 1. The van der Waals surface area contributed by atoms with Crippen molar-refractivity contribution in [2.45, 2.75) is 58.3 Å². The van der Waals surface area contributed by atoms with E-state index in [0.29, 0.717) is 0 Å². The van der Waals surface area contributed by atoms with Gasteiger partial charge in [0.1, 0.15) is 5.82 Å². The highest BCUT2D eigenvalue weighted by molar-refractivity contribution is 5.93. The van der Waals surface area contributed by atoms with Crippen molar-refractivity contribution in [2.24, 2.45) is 0 Å². The molecular weight excluding hydrogens is 400 g/mol. The van der Waals surface area contributed by atoms with Crippen LogP contribution in [0.4, 0.5) is 5.69 Å². The van der Waals surface area contributed by atoms with Gasteiger partial charge in [0, 0.05) is 38.0 Å². The lowest BCUT2D eigenvalue weighted by Crippen LogP contribution is -2.32. The summed E-state index contributed by atoms with van der Waals surface area (Å²) < 4.78 is 0. The largest absolute Gasteiger partial charge is 0.343 e. The Morgan fingerprint density at radius 3 is 2.47 bits per heavy atom. The normalized spacial score (nSPS) is 14.3. The zero-order valence-electron chi connectivity index (χ0n) is 18.8. The molecule has 0 radical (unpaired) electrons. The highest BCUT2D eigenvalue weighted by atomic mass is 16.2. The number of amides is 2. The first-order valence-electron chi connectivity index (χ1n) is 11.7. The van der Waals surface area contributed by atoms with Gasteiger partial charge in [-0.3, -0.25) is 9.59 Å². The van der Waals surface area contributed by atoms with Crippen LogP contribution < -0.4 is 5.32 Å². The molecule has 32 heavy (non-hydrogen) atoms. The molecule has 0 bridgehead atoms. The van der Waals surface area contributed by atoms with Crippen molar-refractivity contribution in [3.63, 3.8) is 0 Å². The number of carbonyl (C=O) groups excluding carboxylic acids is 2. The zero-order chi connectivity index (χ0) is 22.3. The number of carbonyl (C=O) groups is 2. The molecule has 0 saturated carbocycles. The standard InChI is InChI=1S/C26H32N4O2/c1-19-6-12-22-23(18-19)29-24(28-22)13-9-20-7-10-21(11-8-20)27-25(31)14-15-26(32)30-16-4-2-3-5-17-30/h6-8,10-12,18H,2-5,9,13-17H2,1H3,(H,27,31)(H,28,29). The summed E-state index contributed by atoms with van der Waals surface area (Å²) in [6, 6.07) is 14.1. The number of H-pyrrole nitrogens is 1. The van der Waals surface area contributed by atoms with E-state index >= 15 is 0 Å². The Balaban J connectivity index is 1.23. The van der Waals surface area contributed by atoms with Crippen molar-refractivity contribution in [1.29, 1.82) is 0 Å². The van der Waals surface area contributed by atoms with Gasteiger partial charge >= 0.3 is 0 Å². The third-order valence-corrected chi connectivity index (χ3v) is 6.10. The number of aryl methyl sites for hydroxylation is 3. The fourth-order valence-electron chi connectivity index (χ4n) is 4.23. The van der Waals surface area contributed by atoms with Gasteiger partial charge in [-0.1, -0.05) is 31.0 Å². The van der Waals surface area contributed by atoms with Crippen molar-refractivity contribution >= 4 is 28.5 Å². The summed E-state index contributed by atoms with van der Waals surface area (Å²) in [4.78, 5) is 34.6. The number of hydrogen-bond acceptors (Lipinski definition) is 3. The summed E-state index contributed by atoms with van der Waals surface area (Å²) in [5.41, 5.74) is 5.25. The van der Waals surface area contributed by atoms with Crippen molar-refractivity contribution in [3.05, 3.63) is 59.4 Å². The lowest BCUT2D eigenvalue weighted by molar-refractivity contribution is -0.132. The van der Waals surface area contributed by atoms with E-state index in [2.05, 4.69) is 34.3 Å². The van der Waals surface area contributed by atoms with E-state index in [4.69, 9.17) is 0 Å². The molecule has 168 valence electrons. The molecule has 0 atom stereocenters. The smallest absolute Gasteiger partial charge is 0.224 e. The van der Waals surface area contributed by atoms with E-state index < -0.39 is 0 Å². The highest BCUT2D eigenvalue weighted by Crippen LogP contribution is 2.16. The monoisotopic (exact) mass is 432 g/mol. The molecule has 2 heterocycles. The number of aromatic nitrogens is 2. The van der Waals surface area contributed by atoms with E-state index in [1.165, 1.54) is 24.0 Å². The number of imidazole rings is 1. The number of likely N-dealkylation sites (tertiary alicyclic amines) is 1. The van der Waals surface area contributed by atoms with Crippen LogP contribution >= 0.6 is 0 Å². The molecule has 1 saturated heterocycles. The van der Waals surface area contributed by atoms with Crippen molar-refractivity contribution < 1.29 is 9.59 Å². The molecule has 1 aliphatic rings. The predicted octanol–water partition coefficient (Wildman–Crippen LogP) is 4.78. The van der Waals surface area contributed by atoms with Crippen molar-refractivity contribution in [2.75, 3.05) is 18.4 Å². The van der Waals surface area contributed by atoms with Crippen LogP contribution in [0.2, 0.25) is 0 Å². The number of rotatable bonds is 7. The Hall–Kier alpha value is -3.15. The van der Waals surface area contributed by atoms with Gasteiger partial charge in [0.15, 0.2) is 0 Å². The maximum Gasteiger partial charge on any atom is 0.224 e. The molecule has 1 aliphatic heterocycles. The third-order valence-electron chi connectivity index (χ3n) is 6.10.